The zero-order valence-electron chi connectivity index (χ0n) is 17.1. The number of nitrogens with zero attached hydrogens (tertiary/aromatic N) is 2. The summed E-state index contributed by atoms with van der Waals surface area (Å²) in [6.07, 6.45) is 0.794. The zero-order valence-corrected chi connectivity index (χ0v) is 17.9. The Bertz CT molecular complexity index is 1070. The van der Waals surface area contributed by atoms with Crippen molar-refractivity contribution in [3.63, 3.8) is 0 Å². The standard InChI is InChI=1S/C21H26N4O3S/c1-5-14(3)25-20(27)19-17(9-13(2)23-19)24-21(25)29-12-18(26)22-11-15-7-6-8-16(10-15)28-4/h6-10,14,23H,5,11-12H2,1-4H3,(H,22,26). The van der Waals surface area contributed by atoms with Gasteiger partial charge in [0.25, 0.3) is 5.56 Å². The SMILES string of the molecule is CCC(C)n1c(SCC(=O)NCc2cccc(OC)c2)nc2cc(C)[nH]c2c1=O. The molecule has 1 amide bonds. The largest absolute Gasteiger partial charge is 0.497 e. The van der Waals surface area contributed by atoms with E-state index in [1.165, 1.54) is 11.8 Å². The van der Waals surface area contributed by atoms with E-state index in [2.05, 4.69) is 15.3 Å². The molecular weight excluding hydrogens is 388 g/mol. The van der Waals surface area contributed by atoms with Crippen LogP contribution in [0.25, 0.3) is 11.0 Å². The summed E-state index contributed by atoms with van der Waals surface area (Å²) in [7, 11) is 1.61. The number of ether oxygens (including phenoxy) is 1. The fraction of sp³-hybridized carbons (Fsp3) is 0.381. The number of carbonyl (C=O) groups excluding carboxylic acids is 1. The number of aromatic amines is 1. The highest BCUT2D eigenvalue weighted by molar-refractivity contribution is 7.99. The molecule has 3 aromatic rings. The summed E-state index contributed by atoms with van der Waals surface area (Å²) in [5, 5.41) is 3.46. The van der Waals surface area contributed by atoms with E-state index in [9.17, 15) is 9.59 Å². The third-order valence-electron chi connectivity index (χ3n) is 4.77. The van der Waals surface area contributed by atoms with E-state index >= 15 is 0 Å². The van der Waals surface area contributed by atoms with E-state index in [0.717, 1.165) is 23.4 Å². The van der Waals surface area contributed by atoms with E-state index < -0.39 is 0 Å². The van der Waals surface area contributed by atoms with E-state index in [1.807, 2.05) is 51.1 Å². The normalized spacial score (nSPS) is 12.1. The van der Waals surface area contributed by atoms with Crippen LogP contribution in [0.4, 0.5) is 0 Å². The lowest BCUT2D eigenvalue weighted by Gasteiger charge is -2.17. The Labute approximate surface area is 173 Å². The van der Waals surface area contributed by atoms with Gasteiger partial charge in [-0.15, -0.1) is 0 Å². The van der Waals surface area contributed by atoms with Crippen molar-refractivity contribution >= 4 is 28.7 Å². The van der Waals surface area contributed by atoms with Gasteiger partial charge in [-0.05, 0) is 44.0 Å². The third kappa shape index (κ3) is 4.82. The summed E-state index contributed by atoms with van der Waals surface area (Å²) in [5.41, 5.74) is 2.89. The monoisotopic (exact) mass is 414 g/mol. The van der Waals surface area contributed by atoms with Gasteiger partial charge < -0.3 is 15.0 Å². The molecule has 0 saturated carbocycles. The van der Waals surface area contributed by atoms with Crippen LogP contribution in [0.1, 0.15) is 37.6 Å². The van der Waals surface area contributed by atoms with E-state index in [1.54, 1.807) is 11.7 Å². The smallest absolute Gasteiger partial charge is 0.278 e. The highest BCUT2D eigenvalue weighted by Crippen LogP contribution is 2.22. The molecule has 0 saturated heterocycles. The number of hydrogen-bond acceptors (Lipinski definition) is 5. The van der Waals surface area contributed by atoms with Crippen molar-refractivity contribution in [2.24, 2.45) is 0 Å². The average molecular weight is 415 g/mol. The lowest BCUT2D eigenvalue weighted by atomic mass is 10.2. The lowest BCUT2D eigenvalue weighted by Crippen LogP contribution is -2.28. The molecule has 0 spiro atoms. The number of hydrogen-bond donors (Lipinski definition) is 2. The molecule has 0 aliphatic carbocycles. The second-order valence-electron chi connectivity index (χ2n) is 6.96. The van der Waals surface area contributed by atoms with Gasteiger partial charge in [0.15, 0.2) is 5.16 Å². The van der Waals surface area contributed by atoms with Crippen LogP contribution in [0.2, 0.25) is 0 Å². The second-order valence-corrected chi connectivity index (χ2v) is 7.90. The number of methoxy groups -OCH3 is 1. The molecule has 2 N–H and O–H groups in total. The van der Waals surface area contributed by atoms with Crippen LogP contribution < -0.4 is 15.6 Å². The highest BCUT2D eigenvalue weighted by Gasteiger charge is 2.18. The van der Waals surface area contributed by atoms with Crippen LogP contribution in [-0.4, -0.2) is 33.3 Å². The summed E-state index contributed by atoms with van der Waals surface area (Å²) in [6, 6.07) is 9.41. The van der Waals surface area contributed by atoms with E-state index in [0.29, 0.717) is 22.7 Å². The molecule has 0 bridgehead atoms. The fourth-order valence-electron chi connectivity index (χ4n) is 3.03. The summed E-state index contributed by atoms with van der Waals surface area (Å²) in [4.78, 5) is 33.0. The van der Waals surface area contributed by atoms with Crippen molar-refractivity contribution in [3.05, 3.63) is 51.9 Å². The first-order valence-electron chi connectivity index (χ1n) is 9.57. The van der Waals surface area contributed by atoms with Gasteiger partial charge >= 0.3 is 0 Å². The molecule has 0 aliphatic heterocycles. The third-order valence-corrected chi connectivity index (χ3v) is 5.73. The number of H-pyrrole nitrogens is 1. The van der Waals surface area contributed by atoms with Gasteiger partial charge in [0.1, 0.15) is 11.3 Å². The highest BCUT2D eigenvalue weighted by atomic mass is 32.2. The minimum absolute atomic E-state index is 0.00893. The molecule has 1 aromatic carbocycles. The molecule has 2 heterocycles. The Hall–Kier alpha value is -2.74. The van der Waals surface area contributed by atoms with Crippen LogP contribution in [-0.2, 0) is 11.3 Å². The van der Waals surface area contributed by atoms with Crippen LogP contribution in [0, 0.1) is 6.92 Å². The number of fused-ring (bicyclic) bond motifs is 1. The van der Waals surface area contributed by atoms with Gasteiger partial charge in [-0.3, -0.25) is 14.2 Å². The number of benzene rings is 1. The Balaban J connectivity index is 1.73. The molecule has 1 unspecified atom stereocenters. The summed E-state index contributed by atoms with van der Waals surface area (Å²) in [5.74, 6) is 0.818. The summed E-state index contributed by atoms with van der Waals surface area (Å²) >= 11 is 1.28. The Morgan fingerprint density at radius 3 is 2.90 bits per heavy atom. The zero-order chi connectivity index (χ0) is 21.0. The predicted octanol–water partition coefficient (Wildman–Crippen LogP) is 3.42. The number of nitrogens with one attached hydrogen (secondary N) is 2. The molecule has 154 valence electrons. The Morgan fingerprint density at radius 1 is 1.38 bits per heavy atom. The Kier molecular flexibility index (Phi) is 6.64. The average Bonchev–Trinajstić information content (AvgIpc) is 3.11. The van der Waals surface area contributed by atoms with Crippen molar-refractivity contribution < 1.29 is 9.53 Å². The number of carbonyl (C=O) groups is 1. The van der Waals surface area contributed by atoms with E-state index in [4.69, 9.17) is 4.74 Å². The second kappa shape index (κ2) is 9.17. The molecule has 8 heteroatoms. The summed E-state index contributed by atoms with van der Waals surface area (Å²) < 4.78 is 6.88. The molecule has 0 radical (unpaired) electrons. The first-order valence-corrected chi connectivity index (χ1v) is 10.6. The predicted molar refractivity (Wildman–Crippen MR) is 116 cm³/mol. The minimum Gasteiger partial charge on any atom is -0.497 e. The number of thioether (sulfide) groups is 1. The first kappa shape index (κ1) is 21.0. The fourth-order valence-corrected chi connectivity index (χ4v) is 3.95. The van der Waals surface area contributed by atoms with Crippen LogP contribution in [0.5, 0.6) is 5.75 Å². The van der Waals surface area contributed by atoms with Crippen molar-refractivity contribution in [2.75, 3.05) is 12.9 Å². The number of amides is 1. The van der Waals surface area contributed by atoms with Gasteiger partial charge in [0.2, 0.25) is 5.91 Å². The van der Waals surface area contributed by atoms with Gasteiger partial charge in [0.05, 0.1) is 18.4 Å². The molecule has 3 rings (SSSR count). The van der Waals surface area contributed by atoms with Gasteiger partial charge in [-0.2, -0.15) is 0 Å². The number of aryl methyl sites for hydroxylation is 1. The van der Waals surface area contributed by atoms with Crippen molar-refractivity contribution in [2.45, 2.75) is 44.9 Å². The van der Waals surface area contributed by atoms with Crippen LogP contribution in [0.3, 0.4) is 0 Å². The van der Waals surface area contributed by atoms with Gasteiger partial charge in [0, 0.05) is 18.3 Å². The molecule has 7 nitrogen and oxygen atoms in total. The molecule has 0 fully saturated rings. The van der Waals surface area contributed by atoms with Crippen molar-refractivity contribution in [3.8, 4) is 5.75 Å². The van der Waals surface area contributed by atoms with Crippen LogP contribution >= 0.6 is 11.8 Å². The molecular formula is C21H26N4O3S. The molecule has 1 atom stereocenters. The van der Waals surface area contributed by atoms with Gasteiger partial charge in [-0.1, -0.05) is 30.8 Å². The van der Waals surface area contributed by atoms with Gasteiger partial charge in [-0.25, -0.2) is 4.98 Å². The Morgan fingerprint density at radius 2 is 2.17 bits per heavy atom. The van der Waals surface area contributed by atoms with Crippen molar-refractivity contribution in [1.29, 1.82) is 0 Å². The van der Waals surface area contributed by atoms with Crippen LogP contribution in [0.15, 0.2) is 40.3 Å². The quantitative estimate of drug-likeness (QED) is 0.435. The summed E-state index contributed by atoms with van der Waals surface area (Å²) in [6.45, 7) is 6.32. The number of rotatable bonds is 8. The van der Waals surface area contributed by atoms with Crippen molar-refractivity contribution in [1.82, 2.24) is 19.9 Å². The minimum atomic E-state index is -0.117. The maximum atomic E-state index is 12.9. The number of aromatic nitrogens is 3. The topological polar surface area (TPSA) is 89.0 Å². The maximum Gasteiger partial charge on any atom is 0.278 e. The van der Waals surface area contributed by atoms with E-state index in [-0.39, 0.29) is 23.3 Å². The lowest BCUT2D eigenvalue weighted by molar-refractivity contribution is -0.118. The molecule has 0 aliphatic rings. The molecule has 29 heavy (non-hydrogen) atoms. The maximum absolute atomic E-state index is 12.9. The molecule has 2 aromatic heterocycles. The first-order chi connectivity index (χ1) is 13.9.